The molecule has 2 aliphatic heterocycles. The fourth-order valence-corrected chi connectivity index (χ4v) is 2.38. The molecule has 2 bridgehead atoms. The molecule has 13 heavy (non-hydrogen) atoms. The minimum atomic E-state index is 0.833. The zero-order chi connectivity index (χ0) is 9.84. The van der Waals surface area contributed by atoms with E-state index >= 15 is 0 Å². The zero-order valence-corrected chi connectivity index (χ0v) is 9.71. The molecule has 2 heterocycles. The van der Waals surface area contributed by atoms with Gasteiger partial charge in [0.15, 0.2) is 0 Å². The molecule has 1 nitrogen and oxygen atoms in total. The highest BCUT2D eigenvalue weighted by Crippen LogP contribution is 2.33. The Morgan fingerprint density at radius 2 is 1.31 bits per heavy atom. The van der Waals surface area contributed by atoms with Crippen LogP contribution in [0.4, 0.5) is 0 Å². The number of nitrogens with zero attached hydrogens (tertiary/aromatic N) is 1. The Hall–Kier alpha value is -0.0400. The highest BCUT2D eigenvalue weighted by molar-refractivity contribution is 4.89. The van der Waals surface area contributed by atoms with Gasteiger partial charge in [-0.15, -0.1) is 0 Å². The third kappa shape index (κ3) is 3.30. The lowest BCUT2D eigenvalue weighted by molar-refractivity contribution is 0.179. The summed E-state index contributed by atoms with van der Waals surface area (Å²) in [6.07, 6.45) is 7.36. The minimum Gasteiger partial charge on any atom is -0.300 e. The fraction of sp³-hybridized carbons (Fsp3) is 1.00. The van der Waals surface area contributed by atoms with Crippen LogP contribution in [0.1, 0.15) is 52.9 Å². The molecule has 0 aromatic rings. The summed E-state index contributed by atoms with van der Waals surface area (Å²) in [5.74, 6) is 0.833. The fourth-order valence-electron chi connectivity index (χ4n) is 2.38. The van der Waals surface area contributed by atoms with Gasteiger partial charge in [0, 0.05) is 12.1 Å². The minimum absolute atomic E-state index is 0.833. The van der Waals surface area contributed by atoms with Crippen molar-refractivity contribution in [1.29, 1.82) is 0 Å². The molecular weight excluding hydrogens is 158 g/mol. The molecule has 0 aromatic heterocycles. The van der Waals surface area contributed by atoms with Gasteiger partial charge in [0.25, 0.3) is 0 Å². The number of hydrogen-bond acceptors (Lipinski definition) is 1. The van der Waals surface area contributed by atoms with Crippen LogP contribution >= 0.6 is 0 Å². The highest BCUT2D eigenvalue weighted by atomic mass is 15.2. The van der Waals surface area contributed by atoms with Crippen LogP contribution in [0.5, 0.6) is 0 Å². The highest BCUT2D eigenvalue weighted by Gasteiger charge is 2.33. The van der Waals surface area contributed by atoms with E-state index in [-0.39, 0.29) is 0 Å². The van der Waals surface area contributed by atoms with Crippen LogP contribution in [0.15, 0.2) is 0 Å². The second-order valence-corrected chi connectivity index (χ2v) is 5.21. The Kier molecular flexibility index (Phi) is 4.24. The van der Waals surface area contributed by atoms with E-state index in [2.05, 4.69) is 32.7 Å². The van der Waals surface area contributed by atoms with Crippen LogP contribution in [0.25, 0.3) is 0 Å². The van der Waals surface area contributed by atoms with Gasteiger partial charge < -0.3 is 4.90 Å². The van der Waals surface area contributed by atoms with Crippen LogP contribution in [0.3, 0.4) is 0 Å². The number of rotatable bonds is 0. The largest absolute Gasteiger partial charge is 0.300 e. The number of fused-ring (bicyclic) bond motifs is 2. The SMILES string of the molecule is CC(C)C.CN1C2CCCC1CC2. The van der Waals surface area contributed by atoms with Gasteiger partial charge >= 0.3 is 0 Å². The standard InChI is InChI=1S/C8H15N.C4H10/c1-9-7-3-2-4-8(9)6-5-7;1-4(2)3/h7-8H,2-6H2,1H3;4H,1-3H3. The van der Waals surface area contributed by atoms with Gasteiger partial charge in [-0.25, -0.2) is 0 Å². The van der Waals surface area contributed by atoms with Crippen LogP contribution in [-0.2, 0) is 0 Å². The summed E-state index contributed by atoms with van der Waals surface area (Å²) in [4.78, 5) is 2.59. The maximum atomic E-state index is 2.59. The monoisotopic (exact) mass is 183 g/mol. The molecular formula is C12H25N. The van der Waals surface area contributed by atoms with Crippen LogP contribution in [0.2, 0.25) is 0 Å². The summed E-state index contributed by atoms with van der Waals surface area (Å²) < 4.78 is 0. The molecule has 78 valence electrons. The first-order valence-electron chi connectivity index (χ1n) is 5.83. The number of piperidine rings is 1. The van der Waals surface area contributed by atoms with E-state index in [0.29, 0.717) is 0 Å². The Balaban J connectivity index is 0.000000184. The quantitative estimate of drug-likeness (QED) is 0.557. The Morgan fingerprint density at radius 1 is 0.923 bits per heavy atom. The van der Waals surface area contributed by atoms with Gasteiger partial charge in [0.1, 0.15) is 0 Å². The average Bonchev–Trinajstić information content (AvgIpc) is 2.31. The van der Waals surface area contributed by atoms with Crippen molar-refractivity contribution in [2.24, 2.45) is 5.92 Å². The van der Waals surface area contributed by atoms with Crippen molar-refractivity contribution < 1.29 is 0 Å². The van der Waals surface area contributed by atoms with Gasteiger partial charge in [-0.2, -0.15) is 0 Å². The lowest BCUT2D eigenvalue weighted by Gasteiger charge is -2.30. The number of hydrogen-bond donors (Lipinski definition) is 0. The topological polar surface area (TPSA) is 3.24 Å². The van der Waals surface area contributed by atoms with Crippen LogP contribution in [0, 0.1) is 5.92 Å². The lowest BCUT2D eigenvalue weighted by Crippen LogP contribution is -2.35. The van der Waals surface area contributed by atoms with Gasteiger partial charge in [-0.3, -0.25) is 0 Å². The molecule has 0 radical (unpaired) electrons. The summed E-state index contributed by atoms with van der Waals surface area (Å²) in [5.41, 5.74) is 0. The first kappa shape index (κ1) is 11.0. The van der Waals surface area contributed by atoms with Gasteiger partial charge in [-0.1, -0.05) is 27.2 Å². The van der Waals surface area contributed by atoms with Crippen LogP contribution in [-0.4, -0.2) is 24.0 Å². The molecule has 0 N–H and O–H groups in total. The molecule has 2 unspecified atom stereocenters. The molecule has 2 saturated heterocycles. The van der Waals surface area contributed by atoms with E-state index < -0.39 is 0 Å². The summed E-state index contributed by atoms with van der Waals surface area (Å²) in [7, 11) is 2.29. The molecule has 0 aliphatic carbocycles. The van der Waals surface area contributed by atoms with Gasteiger partial charge in [0.05, 0.1) is 0 Å². The van der Waals surface area contributed by atoms with Crippen molar-refractivity contribution in [3.8, 4) is 0 Å². The molecule has 2 rings (SSSR count). The Bertz CT molecular complexity index is 123. The Labute approximate surface area is 83.5 Å². The molecule has 0 saturated carbocycles. The van der Waals surface area contributed by atoms with Crippen molar-refractivity contribution >= 4 is 0 Å². The lowest BCUT2D eigenvalue weighted by atomic mass is 10.0. The molecule has 0 amide bonds. The summed E-state index contributed by atoms with van der Waals surface area (Å²) in [6.45, 7) is 6.50. The summed E-state index contributed by atoms with van der Waals surface area (Å²) >= 11 is 0. The average molecular weight is 183 g/mol. The van der Waals surface area contributed by atoms with E-state index in [9.17, 15) is 0 Å². The maximum absolute atomic E-state index is 2.59. The molecule has 1 heteroatoms. The molecule has 2 aliphatic rings. The second kappa shape index (κ2) is 4.99. The maximum Gasteiger partial charge on any atom is 0.00957 e. The van der Waals surface area contributed by atoms with Crippen molar-refractivity contribution in [2.75, 3.05) is 7.05 Å². The Morgan fingerprint density at radius 3 is 1.62 bits per heavy atom. The van der Waals surface area contributed by atoms with Gasteiger partial charge in [-0.05, 0) is 38.6 Å². The predicted octanol–water partition coefficient (Wildman–Crippen LogP) is 3.30. The molecule has 0 aromatic carbocycles. The van der Waals surface area contributed by atoms with Crippen molar-refractivity contribution in [1.82, 2.24) is 4.90 Å². The second-order valence-electron chi connectivity index (χ2n) is 5.21. The summed E-state index contributed by atoms with van der Waals surface area (Å²) in [5, 5.41) is 0. The molecule has 2 fully saturated rings. The van der Waals surface area contributed by atoms with Gasteiger partial charge in [0.2, 0.25) is 0 Å². The van der Waals surface area contributed by atoms with Crippen LogP contribution < -0.4 is 0 Å². The van der Waals surface area contributed by atoms with Crippen molar-refractivity contribution in [3.63, 3.8) is 0 Å². The molecule has 0 spiro atoms. The summed E-state index contributed by atoms with van der Waals surface area (Å²) in [6, 6.07) is 1.92. The third-order valence-corrected chi connectivity index (χ3v) is 3.06. The third-order valence-electron chi connectivity index (χ3n) is 3.06. The smallest absolute Gasteiger partial charge is 0.00957 e. The van der Waals surface area contributed by atoms with E-state index in [4.69, 9.17) is 0 Å². The van der Waals surface area contributed by atoms with E-state index in [1.54, 1.807) is 0 Å². The van der Waals surface area contributed by atoms with Crippen molar-refractivity contribution in [3.05, 3.63) is 0 Å². The first-order chi connectivity index (χ1) is 6.11. The normalized spacial score (nSPS) is 33.0. The zero-order valence-electron chi connectivity index (χ0n) is 9.71. The predicted molar refractivity (Wildman–Crippen MR) is 58.9 cm³/mol. The van der Waals surface area contributed by atoms with E-state index in [1.807, 2.05) is 0 Å². The van der Waals surface area contributed by atoms with E-state index in [1.165, 1.54) is 32.1 Å². The van der Waals surface area contributed by atoms with E-state index in [0.717, 1.165) is 18.0 Å². The molecule has 2 atom stereocenters. The first-order valence-corrected chi connectivity index (χ1v) is 5.83. The van der Waals surface area contributed by atoms with Crippen molar-refractivity contribution in [2.45, 2.75) is 65.0 Å².